The van der Waals surface area contributed by atoms with Crippen LogP contribution in [0.1, 0.15) is 18.4 Å². The number of nitrogens with one attached hydrogen (secondary N) is 2. The van der Waals surface area contributed by atoms with Crippen LogP contribution in [0.3, 0.4) is 0 Å². The highest BCUT2D eigenvalue weighted by Crippen LogP contribution is 2.21. The molecule has 0 aliphatic carbocycles. The lowest BCUT2D eigenvalue weighted by Crippen LogP contribution is -2.47. The zero-order chi connectivity index (χ0) is 21.1. The predicted octanol–water partition coefficient (Wildman–Crippen LogP) is 3.54. The second-order valence-electron chi connectivity index (χ2n) is 7.76. The van der Waals surface area contributed by atoms with Crippen LogP contribution in [0.25, 0.3) is 16.6 Å². The summed E-state index contributed by atoms with van der Waals surface area (Å²) in [5, 5.41) is 7.00. The van der Waals surface area contributed by atoms with Gasteiger partial charge in [-0.3, -0.25) is 4.79 Å². The summed E-state index contributed by atoms with van der Waals surface area (Å²) in [5.74, 6) is 0. The Balaban J connectivity index is 1.58. The quantitative estimate of drug-likeness (QED) is 0.673. The first-order valence-corrected chi connectivity index (χ1v) is 10.5. The summed E-state index contributed by atoms with van der Waals surface area (Å²) in [4.78, 5) is 27.7. The van der Waals surface area contributed by atoms with Gasteiger partial charge in [0.05, 0.1) is 5.52 Å². The molecular formula is C23H25ClN4O2. The van der Waals surface area contributed by atoms with Gasteiger partial charge in [0, 0.05) is 40.4 Å². The Morgan fingerprint density at radius 2 is 1.87 bits per heavy atom. The van der Waals surface area contributed by atoms with Crippen molar-refractivity contribution in [3.8, 4) is 5.69 Å². The molecule has 4 rings (SSSR count). The third kappa shape index (κ3) is 4.50. The minimum atomic E-state index is -0.244. The Bertz CT molecular complexity index is 1110. The van der Waals surface area contributed by atoms with E-state index < -0.39 is 0 Å². The van der Waals surface area contributed by atoms with Crippen molar-refractivity contribution >= 4 is 28.5 Å². The maximum atomic E-state index is 13.0. The van der Waals surface area contributed by atoms with Crippen LogP contribution in [0.15, 0.2) is 59.5 Å². The Morgan fingerprint density at radius 3 is 2.60 bits per heavy atom. The fraction of sp³-hybridized carbons (Fsp3) is 0.304. The van der Waals surface area contributed by atoms with Crippen LogP contribution >= 0.6 is 11.6 Å². The number of benzene rings is 2. The van der Waals surface area contributed by atoms with Crippen molar-refractivity contribution in [1.82, 2.24) is 20.1 Å². The lowest BCUT2D eigenvalue weighted by atomic mass is 10.1. The van der Waals surface area contributed by atoms with Gasteiger partial charge in [-0.1, -0.05) is 29.8 Å². The molecule has 156 valence electrons. The van der Waals surface area contributed by atoms with Gasteiger partial charge in [-0.15, -0.1) is 0 Å². The van der Waals surface area contributed by atoms with E-state index in [-0.39, 0.29) is 24.0 Å². The van der Waals surface area contributed by atoms with Gasteiger partial charge < -0.3 is 20.1 Å². The van der Waals surface area contributed by atoms with Gasteiger partial charge in [0.25, 0.3) is 0 Å². The molecule has 2 aromatic carbocycles. The molecule has 0 bridgehead atoms. The van der Waals surface area contributed by atoms with Crippen molar-refractivity contribution in [2.24, 2.45) is 0 Å². The summed E-state index contributed by atoms with van der Waals surface area (Å²) >= 11 is 6.19. The second-order valence-corrected chi connectivity index (χ2v) is 8.19. The maximum absolute atomic E-state index is 13.0. The Hall–Kier alpha value is -2.83. The molecule has 0 spiro atoms. The van der Waals surface area contributed by atoms with Crippen molar-refractivity contribution in [2.75, 3.05) is 20.1 Å². The van der Waals surface area contributed by atoms with E-state index in [4.69, 9.17) is 11.6 Å². The summed E-state index contributed by atoms with van der Waals surface area (Å²) in [6.07, 6.45) is 3.65. The number of hydrogen-bond donors (Lipinski definition) is 2. The fourth-order valence-electron chi connectivity index (χ4n) is 3.85. The summed E-state index contributed by atoms with van der Waals surface area (Å²) in [6, 6.07) is 14.9. The van der Waals surface area contributed by atoms with Crippen LogP contribution in [0.2, 0.25) is 5.02 Å². The van der Waals surface area contributed by atoms with E-state index >= 15 is 0 Å². The number of amides is 2. The monoisotopic (exact) mass is 424 g/mol. The molecule has 0 unspecified atom stereocenters. The summed E-state index contributed by atoms with van der Waals surface area (Å²) < 4.78 is 1.94. The Kier molecular flexibility index (Phi) is 6.06. The first-order valence-electron chi connectivity index (χ1n) is 10.1. The molecule has 1 aliphatic rings. The van der Waals surface area contributed by atoms with E-state index in [1.54, 1.807) is 24.4 Å². The van der Waals surface area contributed by atoms with Crippen molar-refractivity contribution in [3.05, 3.63) is 75.5 Å². The number of para-hydroxylation sites is 1. The lowest BCUT2D eigenvalue weighted by molar-refractivity contribution is 0.213. The minimum Gasteiger partial charge on any atom is -0.335 e. The van der Waals surface area contributed by atoms with Crippen LogP contribution in [0.4, 0.5) is 4.79 Å². The molecule has 30 heavy (non-hydrogen) atoms. The van der Waals surface area contributed by atoms with E-state index in [1.165, 1.54) is 0 Å². The van der Waals surface area contributed by atoms with E-state index in [9.17, 15) is 9.59 Å². The number of piperidine rings is 1. The summed E-state index contributed by atoms with van der Waals surface area (Å²) in [7, 11) is 2.08. The highest BCUT2D eigenvalue weighted by atomic mass is 35.5. The smallest absolute Gasteiger partial charge is 0.315 e. The minimum absolute atomic E-state index is 0.103. The second kappa shape index (κ2) is 8.90. The number of urea groups is 1. The third-order valence-electron chi connectivity index (χ3n) is 5.57. The van der Waals surface area contributed by atoms with E-state index in [1.807, 2.05) is 34.9 Å². The van der Waals surface area contributed by atoms with Gasteiger partial charge >= 0.3 is 6.03 Å². The zero-order valence-corrected chi connectivity index (χ0v) is 17.7. The number of halogens is 1. The number of rotatable bonds is 4. The molecule has 3 aromatic rings. The molecule has 2 amide bonds. The number of likely N-dealkylation sites (tertiary alicyclic amines) is 1. The van der Waals surface area contributed by atoms with E-state index in [0.29, 0.717) is 16.0 Å². The van der Waals surface area contributed by atoms with Gasteiger partial charge in [0.1, 0.15) is 0 Å². The first-order chi connectivity index (χ1) is 14.5. The number of nitrogens with zero attached hydrogens (tertiary/aromatic N) is 2. The molecule has 7 heteroatoms. The summed E-state index contributed by atoms with van der Waals surface area (Å²) in [5.41, 5.74) is 2.07. The fourth-order valence-corrected chi connectivity index (χ4v) is 4.01. The predicted molar refractivity (Wildman–Crippen MR) is 120 cm³/mol. The number of hydrogen-bond acceptors (Lipinski definition) is 3. The van der Waals surface area contributed by atoms with Gasteiger partial charge in [-0.05, 0) is 63.3 Å². The third-order valence-corrected chi connectivity index (χ3v) is 5.80. The molecule has 1 fully saturated rings. The van der Waals surface area contributed by atoms with Gasteiger partial charge in [0.2, 0.25) is 0 Å². The van der Waals surface area contributed by atoms with Crippen molar-refractivity contribution in [3.63, 3.8) is 0 Å². The molecule has 0 radical (unpaired) electrons. The molecule has 2 N–H and O–H groups in total. The van der Waals surface area contributed by atoms with Crippen molar-refractivity contribution < 1.29 is 4.79 Å². The first kappa shape index (κ1) is 20.4. The number of carbonyl (C=O) groups is 1. The lowest BCUT2D eigenvalue weighted by Gasteiger charge is -2.29. The average molecular weight is 425 g/mol. The van der Waals surface area contributed by atoms with E-state index in [2.05, 4.69) is 22.6 Å². The van der Waals surface area contributed by atoms with Gasteiger partial charge in [0.15, 0.2) is 5.43 Å². The standard InChI is InChI=1S/C23H25ClN4O2/c1-27-11-9-18(10-12-27)26-23(30)25-14-16-15-28(19-5-3-2-4-6-19)21-13-17(24)7-8-20(21)22(16)29/h2-8,13,15,18H,9-12,14H2,1H3,(H2,25,26,30). The Morgan fingerprint density at radius 1 is 1.13 bits per heavy atom. The SMILES string of the molecule is CN1CCC(NC(=O)NCc2cn(-c3ccccc3)c3cc(Cl)ccc3c2=O)CC1. The van der Waals surface area contributed by atoms with Crippen LogP contribution in [-0.4, -0.2) is 41.7 Å². The van der Waals surface area contributed by atoms with Crippen molar-refractivity contribution in [1.29, 1.82) is 0 Å². The number of aromatic nitrogens is 1. The zero-order valence-electron chi connectivity index (χ0n) is 16.9. The molecule has 1 saturated heterocycles. The molecule has 0 saturated carbocycles. The van der Waals surface area contributed by atoms with Crippen LogP contribution in [0.5, 0.6) is 0 Å². The van der Waals surface area contributed by atoms with Crippen LogP contribution in [0, 0.1) is 0 Å². The largest absolute Gasteiger partial charge is 0.335 e. The number of fused-ring (bicyclic) bond motifs is 1. The summed E-state index contributed by atoms with van der Waals surface area (Å²) in [6.45, 7) is 2.10. The van der Waals surface area contributed by atoms with Gasteiger partial charge in [-0.25, -0.2) is 4.79 Å². The Labute approximate surface area is 180 Å². The van der Waals surface area contributed by atoms with Crippen molar-refractivity contribution in [2.45, 2.75) is 25.4 Å². The van der Waals surface area contributed by atoms with Gasteiger partial charge in [-0.2, -0.15) is 0 Å². The highest BCUT2D eigenvalue weighted by Gasteiger charge is 2.18. The normalized spacial score (nSPS) is 15.3. The topological polar surface area (TPSA) is 66.4 Å². The van der Waals surface area contributed by atoms with Crippen LogP contribution < -0.4 is 16.1 Å². The van der Waals surface area contributed by atoms with E-state index in [0.717, 1.165) is 37.1 Å². The molecular weight excluding hydrogens is 400 g/mol. The maximum Gasteiger partial charge on any atom is 0.315 e. The molecule has 1 aliphatic heterocycles. The molecule has 0 atom stereocenters. The average Bonchev–Trinajstić information content (AvgIpc) is 2.75. The van der Waals surface area contributed by atoms with Crippen LogP contribution in [-0.2, 0) is 6.54 Å². The molecule has 6 nitrogen and oxygen atoms in total. The number of carbonyl (C=O) groups excluding carboxylic acids is 1. The number of pyridine rings is 1. The highest BCUT2D eigenvalue weighted by molar-refractivity contribution is 6.31. The molecule has 1 aromatic heterocycles. The molecule has 2 heterocycles.